The first-order valence-electron chi connectivity index (χ1n) is 7.54. The smallest absolute Gasteiger partial charge is 0.261 e. The molecule has 2 heterocycles. The van der Waals surface area contributed by atoms with E-state index in [0.29, 0.717) is 18.0 Å². The number of nitrogens with zero attached hydrogens (tertiary/aromatic N) is 3. The number of benzene rings is 1. The van der Waals surface area contributed by atoms with Crippen LogP contribution in [0, 0.1) is 10.1 Å². The molecule has 0 bridgehead atoms. The summed E-state index contributed by atoms with van der Waals surface area (Å²) < 4.78 is 0. The van der Waals surface area contributed by atoms with Gasteiger partial charge in [-0.25, -0.2) is 4.99 Å². The Kier molecular flexibility index (Phi) is 4.47. The van der Waals surface area contributed by atoms with Gasteiger partial charge in [0.15, 0.2) is 5.82 Å². The van der Waals surface area contributed by atoms with Crippen molar-refractivity contribution in [3.63, 3.8) is 0 Å². The Hall–Kier alpha value is -2.15. The fraction of sp³-hybridized carbons (Fsp3) is 0.375. The molecule has 0 fully saturated rings. The highest BCUT2D eigenvalue weighted by Gasteiger charge is 2.43. The van der Waals surface area contributed by atoms with E-state index in [1.54, 1.807) is 18.0 Å². The van der Waals surface area contributed by atoms with Crippen molar-refractivity contribution >= 4 is 23.3 Å². The minimum absolute atomic E-state index is 0.202. The minimum Gasteiger partial charge on any atom is -0.264 e. The molecule has 0 saturated heterocycles. The van der Waals surface area contributed by atoms with Gasteiger partial charge in [-0.05, 0) is 24.3 Å². The number of H-pyrrole nitrogens is 1. The van der Waals surface area contributed by atoms with Crippen LogP contribution in [-0.2, 0) is 0 Å². The molecule has 0 saturated carbocycles. The van der Waals surface area contributed by atoms with E-state index in [9.17, 15) is 10.1 Å². The predicted molar refractivity (Wildman–Crippen MR) is 91.4 cm³/mol. The number of aliphatic imine (C=N–C) groups is 1. The predicted octanol–water partition coefficient (Wildman–Crippen LogP) is 3.80. The Morgan fingerprint density at radius 1 is 1.35 bits per heavy atom. The number of hydrogen-bond acceptors (Lipinski definition) is 5. The highest BCUT2D eigenvalue weighted by molar-refractivity contribution is 7.98. The maximum Gasteiger partial charge on any atom is 0.261 e. The van der Waals surface area contributed by atoms with Crippen LogP contribution in [0.1, 0.15) is 36.8 Å². The molecule has 1 N–H and O–H groups in total. The molecule has 23 heavy (non-hydrogen) atoms. The lowest BCUT2D eigenvalue weighted by molar-refractivity contribution is -0.505. The van der Waals surface area contributed by atoms with Gasteiger partial charge in [0.2, 0.25) is 0 Å². The topological polar surface area (TPSA) is 84.2 Å². The second-order valence-electron chi connectivity index (χ2n) is 5.48. The third kappa shape index (κ3) is 2.76. The fourth-order valence-electron chi connectivity index (χ4n) is 3.14. The lowest BCUT2D eigenvalue weighted by Gasteiger charge is -2.27. The first-order valence-corrected chi connectivity index (χ1v) is 8.77. The van der Waals surface area contributed by atoms with E-state index in [2.05, 4.69) is 15.2 Å². The van der Waals surface area contributed by atoms with Crippen LogP contribution in [0.5, 0.6) is 0 Å². The van der Waals surface area contributed by atoms with Crippen LogP contribution in [-0.4, -0.2) is 33.1 Å². The van der Waals surface area contributed by atoms with Crippen LogP contribution < -0.4 is 0 Å². The third-order valence-electron chi connectivity index (χ3n) is 4.10. The maximum absolute atomic E-state index is 11.8. The van der Waals surface area contributed by atoms with E-state index in [-0.39, 0.29) is 10.8 Å². The molecule has 0 amide bonds. The van der Waals surface area contributed by atoms with Gasteiger partial charge in [-0.3, -0.25) is 15.2 Å². The SMILES string of the molecule is CCCC1=Nc2[nH]ncc2C(c2ccccc2SC)C1[N+](=O)[O-]. The van der Waals surface area contributed by atoms with Crippen molar-refractivity contribution in [2.45, 2.75) is 36.6 Å². The summed E-state index contributed by atoms with van der Waals surface area (Å²) in [6.45, 7) is 2.01. The van der Waals surface area contributed by atoms with Gasteiger partial charge in [-0.1, -0.05) is 31.5 Å². The van der Waals surface area contributed by atoms with Crippen molar-refractivity contribution in [3.05, 3.63) is 51.7 Å². The van der Waals surface area contributed by atoms with E-state index in [1.165, 1.54) is 0 Å². The number of hydrogen-bond donors (Lipinski definition) is 1. The average molecular weight is 330 g/mol. The van der Waals surface area contributed by atoms with E-state index < -0.39 is 6.04 Å². The molecule has 3 rings (SSSR count). The van der Waals surface area contributed by atoms with Gasteiger partial charge in [-0.15, -0.1) is 11.8 Å². The van der Waals surface area contributed by atoms with Gasteiger partial charge >= 0.3 is 0 Å². The molecular formula is C16H18N4O2S. The van der Waals surface area contributed by atoms with Crippen molar-refractivity contribution in [3.8, 4) is 0 Å². The second-order valence-corrected chi connectivity index (χ2v) is 6.32. The Bertz CT molecular complexity index is 756. The summed E-state index contributed by atoms with van der Waals surface area (Å²) in [5.74, 6) is 0.286. The van der Waals surface area contributed by atoms with Crippen molar-refractivity contribution < 1.29 is 4.92 Å². The Balaban J connectivity index is 2.20. The molecule has 2 aromatic rings. The van der Waals surface area contributed by atoms with Crippen LogP contribution in [0.2, 0.25) is 0 Å². The molecule has 0 aliphatic carbocycles. The van der Waals surface area contributed by atoms with Gasteiger partial charge in [0, 0.05) is 15.4 Å². The van der Waals surface area contributed by atoms with E-state index >= 15 is 0 Å². The minimum atomic E-state index is -0.839. The zero-order valence-corrected chi connectivity index (χ0v) is 13.8. The summed E-state index contributed by atoms with van der Waals surface area (Å²) in [5.41, 5.74) is 2.39. The molecule has 2 unspecified atom stereocenters. The van der Waals surface area contributed by atoms with Crippen molar-refractivity contribution in [1.82, 2.24) is 10.2 Å². The summed E-state index contributed by atoms with van der Waals surface area (Å²) >= 11 is 1.60. The van der Waals surface area contributed by atoms with Crippen molar-refractivity contribution in [1.29, 1.82) is 0 Å². The molecular weight excluding hydrogens is 312 g/mol. The number of aromatic nitrogens is 2. The quantitative estimate of drug-likeness (QED) is 0.513. The second kappa shape index (κ2) is 6.54. The molecule has 120 valence electrons. The molecule has 1 aromatic carbocycles. The lowest BCUT2D eigenvalue weighted by atomic mass is 9.81. The Labute approximate surface area is 138 Å². The van der Waals surface area contributed by atoms with E-state index in [4.69, 9.17) is 0 Å². The van der Waals surface area contributed by atoms with Gasteiger partial charge < -0.3 is 0 Å². The fourth-order valence-corrected chi connectivity index (χ4v) is 3.79. The highest BCUT2D eigenvalue weighted by Crippen LogP contribution is 2.42. The first kappa shape index (κ1) is 15.7. The first-order chi connectivity index (χ1) is 11.2. The van der Waals surface area contributed by atoms with Crippen LogP contribution in [0.4, 0.5) is 5.82 Å². The number of thioether (sulfide) groups is 1. The largest absolute Gasteiger partial charge is 0.264 e. The molecule has 2 atom stereocenters. The summed E-state index contributed by atoms with van der Waals surface area (Å²) in [6, 6.07) is 7.02. The normalized spacial score (nSPS) is 20.0. The summed E-state index contributed by atoms with van der Waals surface area (Å²) in [6.07, 6.45) is 5.09. The third-order valence-corrected chi connectivity index (χ3v) is 4.91. The van der Waals surface area contributed by atoms with Crippen LogP contribution in [0.15, 0.2) is 40.4 Å². The monoisotopic (exact) mass is 330 g/mol. The van der Waals surface area contributed by atoms with Gasteiger partial charge in [-0.2, -0.15) is 5.10 Å². The number of nitro groups is 1. The number of fused-ring (bicyclic) bond motifs is 1. The maximum atomic E-state index is 11.8. The summed E-state index contributed by atoms with van der Waals surface area (Å²) in [5, 5.41) is 18.8. The molecule has 1 aromatic heterocycles. The van der Waals surface area contributed by atoms with Crippen LogP contribution in [0.25, 0.3) is 0 Å². The molecule has 1 aliphatic rings. The standard InChI is InChI=1S/C16H18N4O2S/c1-3-6-12-15(20(21)22)14(11-9-17-19-16(11)18-12)10-7-4-5-8-13(10)23-2/h4-5,7-9,14-15H,3,6H2,1-2H3,(H,17,19). The van der Waals surface area contributed by atoms with Crippen molar-refractivity contribution in [2.24, 2.45) is 4.99 Å². The van der Waals surface area contributed by atoms with Crippen LogP contribution >= 0.6 is 11.8 Å². The van der Waals surface area contributed by atoms with Gasteiger partial charge in [0.1, 0.15) is 0 Å². The zero-order valence-electron chi connectivity index (χ0n) is 13.0. The molecule has 7 heteroatoms. The zero-order chi connectivity index (χ0) is 16.4. The Morgan fingerprint density at radius 2 is 2.13 bits per heavy atom. The van der Waals surface area contributed by atoms with E-state index in [0.717, 1.165) is 22.4 Å². The van der Waals surface area contributed by atoms with Gasteiger partial charge in [0.05, 0.1) is 17.8 Å². The van der Waals surface area contributed by atoms with Crippen LogP contribution in [0.3, 0.4) is 0 Å². The molecule has 0 radical (unpaired) electrons. The average Bonchev–Trinajstić information content (AvgIpc) is 3.01. The molecule has 1 aliphatic heterocycles. The Morgan fingerprint density at radius 3 is 2.83 bits per heavy atom. The summed E-state index contributed by atoms with van der Waals surface area (Å²) in [7, 11) is 0. The van der Waals surface area contributed by atoms with Crippen molar-refractivity contribution in [2.75, 3.05) is 6.26 Å². The number of nitrogens with one attached hydrogen (secondary N) is 1. The lowest BCUT2D eigenvalue weighted by Crippen LogP contribution is -2.38. The number of rotatable bonds is 5. The number of aromatic amines is 1. The molecule has 0 spiro atoms. The molecule has 6 nitrogen and oxygen atoms in total. The highest BCUT2D eigenvalue weighted by atomic mass is 32.2. The van der Waals surface area contributed by atoms with Gasteiger partial charge in [0.25, 0.3) is 6.04 Å². The van der Waals surface area contributed by atoms with E-state index in [1.807, 2.05) is 37.4 Å². The summed E-state index contributed by atoms with van der Waals surface area (Å²) in [4.78, 5) is 17.2.